The van der Waals surface area contributed by atoms with Crippen LogP contribution in [0, 0.1) is 20.8 Å². The number of benzene rings is 1. The molecule has 0 unspecified atom stereocenters. The van der Waals surface area contributed by atoms with E-state index in [4.69, 9.17) is 0 Å². The molecule has 1 fully saturated rings. The number of aryl methyl sites for hydroxylation is 3. The third-order valence-electron chi connectivity index (χ3n) is 4.34. The Morgan fingerprint density at radius 3 is 2.38 bits per heavy atom. The van der Waals surface area contributed by atoms with E-state index in [9.17, 15) is 4.79 Å². The van der Waals surface area contributed by atoms with Gasteiger partial charge >= 0.3 is 0 Å². The topological polar surface area (TPSA) is 61.4 Å². The number of carbonyl (C=O) groups is 1. The number of piperazine rings is 1. The van der Waals surface area contributed by atoms with Crippen molar-refractivity contribution in [1.82, 2.24) is 14.9 Å². The van der Waals surface area contributed by atoms with Crippen molar-refractivity contribution in [2.45, 2.75) is 20.8 Å². The lowest BCUT2D eigenvalue weighted by molar-refractivity contribution is -0.118. The fourth-order valence-corrected chi connectivity index (χ4v) is 3.13. The Hall–Kier alpha value is -2.63. The van der Waals surface area contributed by atoms with Crippen LogP contribution in [0.5, 0.6) is 0 Å². The van der Waals surface area contributed by atoms with Crippen LogP contribution in [-0.2, 0) is 4.79 Å². The summed E-state index contributed by atoms with van der Waals surface area (Å²) in [5, 5.41) is 3.35. The molecule has 0 aliphatic carbocycles. The fraction of sp³-hybridized carbons (Fsp3) is 0.389. The summed E-state index contributed by atoms with van der Waals surface area (Å²) in [6.07, 6.45) is 2.68. The van der Waals surface area contributed by atoms with Crippen molar-refractivity contribution in [3.05, 3.63) is 41.1 Å². The molecule has 1 aliphatic heterocycles. The number of anilines is 3. The first kappa shape index (κ1) is 16.2. The van der Waals surface area contributed by atoms with Gasteiger partial charge in [-0.1, -0.05) is 17.7 Å². The van der Waals surface area contributed by atoms with E-state index in [0.29, 0.717) is 5.95 Å². The Morgan fingerprint density at radius 2 is 1.75 bits per heavy atom. The van der Waals surface area contributed by atoms with Crippen LogP contribution in [0.15, 0.2) is 24.4 Å². The molecule has 24 heavy (non-hydrogen) atoms. The number of aromatic nitrogens is 2. The number of carbonyl (C=O) groups excluding carboxylic acids is 1. The van der Waals surface area contributed by atoms with Gasteiger partial charge in [-0.05, 0) is 38.0 Å². The highest BCUT2D eigenvalue weighted by Crippen LogP contribution is 2.25. The lowest BCUT2D eigenvalue weighted by atomic mass is 10.1. The molecule has 0 atom stereocenters. The van der Waals surface area contributed by atoms with Gasteiger partial charge in [-0.15, -0.1) is 0 Å². The van der Waals surface area contributed by atoms with Crippen molar-refractivity contribution < 1.29 is 4.79 Å². The van der Waals surface area contributed by atoms with Gasteiger partial charge in [-0.2, -0.15) is 4.98 Å². The predicted molar refractivity (Wildman–Crippen MR) is 95.8 cm³/mol. The van der Waals surface area contributed by atoms with E-state index < -0.39 is 0 Å². The Morgan fingerprint density at radius 1 is 1.08 bits per heavy atom. The first-order valence-electron chi connectivity index (χ1n) is 8.19. The van der Waals surface area contributed by atoms with Crippen LogP contribution < -0.4 is 10.2 Å². The van der Waals surface area contributed by atoms with E-state index in [2.05, 4.69) is 53.1 Å². The Kier molecular flexibility index (Phi) is 4.64. The van der Waals surface area contributed by atoms with Crippen LogP contribution in [0.1, 0.15) is 16.7 Å². The smallest absolute Gasteiger partial charge is 0.229 e. The number of hydrogen-bond donors (Lipinski definition) is 1. The number of rotatable bonds is 4. The summed E-state index contributed by atoms with van der Waals surface area (Å²) in [4.78, 5) is 23.8. The lowest BCUT2D eigenvalue weighted by Gasteiger charge is -2.33. The predicted octanol–water partition coefficient (Wildman–Crippen LogP) is 2.42. The molecule has 0 radical (unpaired) electrons. The van der Waals surface area contributed by atoms with Crippen LogP contribution in [0.3, 0.4) is 0 Å². The standard InChI is InChI=1S/C18H23N5O/c1-13-10-14(2)17(15(3)11-13)21-18-19-5-4-16(20-18)23-8-6-22(12-24)7-9-23/h4-5,10-12H,6-9H2,1-3H3,(H,19,20,21). The van der Waals surface area contributed by atoms with Gasteiger partial charge in [-0.25, -0.2) is 4.98 Å². The van der Waals surface area contributed by atoms with Crippen molar-refractivity contribution in [1.29, 1.82) is 0 Å². The zero-order valence-corrected chi connectivity index (χ0v) is 14.4. The molecule has 6 heteroatoms. The molecule has 126 valence electrons. The molecule has 1 aromatic heterocycles. The summed E-state index contributed by atoms with van der Waals surface area (Å²) in [7, 11) is 0. The first-order valence-corrected chi connectivity index (χ1v) is 8.19. The van der Waals surface area contributed by atoms with Gasteiger partial charge in [0.1, 0.15) is 5.82 Å². The average molecular weight is 325 g/mol. The minimum Gasteiger partial charge on any atom is -0.353 e. The second-order valence-electron chi connectivity index (χ2n) is 6.27. The molecule has 1 aliphatic rings. The molecule has 2 aromatic rings. The summed E-state index contributed by atoms with van der Waals surface area (Å²) in [5.41, 5.74) is 4.67. The normalized spacial score (nSPS) is 14.6. The lowest BCUT2D eigenvalue weighted by Crippen LogP contribution is -2.46. The molecule has 3 rings (SSSR count). The summed E-state index contributed by atoms with van der Waals surface area (Å²) >= 11 is 0. The van der Waals surface area contributed by atoms with E-state index >= 15 is 0 Å². The molecule has 1 aromatic carbocycles. The maximum Gasteiger partial charge on any atom is 0.229 e. The van der Waals surface area contributed by atoms with Crippen molar-refractivity contribution in [3.8, 4) is 0 Å². The van der Waals surface area contributed by atoms with Gasteiger partial charge < -0.3 is 15.1 Å². The second-order valence-corrected chi connectivity index (χ2v) is 6.27. The van der Waals surface area contributed by atoms with E-state index in [1.807, 2.05) is 6.07 Å². The Bertz CT molecular complexity index is 715. The summed E-state index contributed by atoms with van der Waals surface area (Å²) in [6.45, 7) is 9.31. The van der Waals surface area contributed by atoms with Gasteiger partial charge in [0.15, 0.2) is 0 Å². The minimum absolute atomic E-state index is 0.598. The molecule has 1 amide bonds. The van der Waals surface area contributed by atoms with Gasteiger partial charge in [0, 0.05) is 38.1 Å². The zero-order chi connectivity index (χ0) is 17.1. The second kappa shape index (κ2) is 6.86. The van der Waals surface area contributed by atoms with Crippen LogP contribution in [0.4, 0.5) is 17.5 Å². The summed E-state index contributed by atoms with van der Waals surface area (Å²) in [6, 6.07) is 6.21. The molecule has 0 bridgehead atoms. The quantitative estimate of drug-likeness (QED) is 0.875. The van der Waals surface area contributed by atoms with Gasteiger partial charge in [0.05, 0.1) is 0 Å². The largest absolute Gasteiger partial charge is 0.353 e. The van der Waals surface area contributed by atoms with Crippen molar-refractivity contribution in [2.24, 2.45) is 0 Å². The van der Waals surface area contributed by atoms with Crippen molar-refractivity contribution in [3.63, 3.8) is 0 Å². The fourth-order valence-electron chi connectivity index (χ4n) is 3.13. The Labute approximate surface area is 142 Å². The zero-order valence-electron chi connectivity index (χ0n) is 14.4. The third-order valence-corrected chi connectivity index (χ3v) is 4.34. The van der Waals surface area contributed by atoms with Crippen LogP contribution in [0.2, 0.25) is 0 Å². The summed E-state index contributed by atoms with van der Waals surface area (Å²) < 4.78 is 0. The Balaban J connectivity index is 1.78. The molecule has 1 N–H and O–H groups in total. The highest BCUT2D eigenvalue weighted by molar-refractivity contribution is 5.64. The maximum atomic E-state index is 10.8. The van der Waals surface area contributed by atoms with Crippen molar-refractivity contribution in [2.75, 3.05) is 36.4 Å². The maximum absolute atomic E-state index is 10.8. The summed E-state index contributed by atoms with van der Waals surface area (Å²) in [5.74, 6) is 1.49. The SMILES string of the molecule is Cc1cc(C)c(Nc2nccc(N3CCN(C=O)CC3)n2)c(C)c1. The highest BCUT2D eigenvalue weighted by Gasteiger charge is 2.17. The molecule has 6 nitrogen and oxygen atoms in total. The average Bonchev–Trinajstić information content (AvgIpc) is 2.58. The van der Waals surface area contributed by atoms with E-state index in [1.54, 1.807) is 11.1 Å². The van der Waals surface area contributed by atoms with Gasteiger partial charge in [0.25, 0.3) is 0 Å². The van der Waals surface area contributed by atoms with E-state index in [1.165, 1.54) is 16.7 Å². The number of nitrogens with zero attached hydrogens (tertiary/aromatic N) is 4. The minimum atomic E-state index is 0.598. The first-order chi connectivity index (χ1) is 11.6. The number of amides is 1. The third kappa shape index (κ3) is 3.48. The molecule has 2 heterocycles. The van der Waals surface area contributed by atoms with Crippen LogP contribution >= 0.6 is 0 Å². The van der Waals surface area contributed by atoms with Gasteiger partial charge in [0.2, 0.25) is 12.4 Å². The van der Waals surface area contributed by atoms with Gasteiger partial charge in [-0.3, -0.25) is 4.79 Å². The molecule has 0 saturated carbocycles. The number of hydrogen-bond acceptors (Lipinski definition) is 5. The molecule has 0 spiro atoms. The van der Waals surface area contributed by atoms with E-state index in [-0.39, 0.29) is 0 Å². The molecular formula is C18H23N5O. The number of nitrogens with one attached hydrogen (secondary N) is 1. The molecule has 1 saturated heterocycles. The highest BCUT2D eigenvalue weighted by atomic mass is 16.1. The van der Waals surface area contributed by atoms with E-state index in [0.717, 1.165) is 44.1 Å². The molecular weight excluding hydrogens is 302 g/mol. The van der Waals surface area contributed by atoms with Crippen molar-refractivity contribution >= 4 is 23.9 Å². The monoisotopic (exact) mass is 325 g/mol. The van der Waals surface area contributed by atoms with Crippen LogP contribution in [0.25, 0.3) is 0 Å². The van der Waals surface area contributed by atoms with Crippen LogP contribution in [-0.4, -0.2) is 47.5 Å².